The van der Waals surface area contributed by atoms with Crippen molar-refractivity contribution >= 4 is 34.7 Å². The fourth-order valence-corrected chi connectivity index (χ4v) is 3.88. The van der Waals surface area contributed by atoms with E-state index in [-0.39, 0.29) is 11.4 Å². The summed E-state index contributed by atoms with van der Waals surface area (Å²) in [6, 6.07) is 13.5. The molecule has 31 heavy (non-hydrogen) atoms. The molecule has 2 aromatic rings. The highest BCUT2D eigenvalue weighted by atomic mass is 32.2. The summed E-state index contributed by atoms with van der Waals surface area (Å²) in [7, 11) is 0. The highest BCUT2D eigenvalue weighted by Crippen LogP contribution is 2.27. The summed E-state index contributed by atoms with van der Waals surface area (Å²) in [4.78, 5) is 17.9. The van der Waals surface area contributed by atoms with Crippen molar-refractivity contribution in [1.29, 1.82) is 5.41 Å². The van der Waals surface area contributed by atoms with Crippen LogP contribution in [0.25, 0.3) is 6.08 Å². The van der Waals surface area contributed by atoms with Crippen LogP contribution >= 0.6 is 11.8 Å². The highest BCUT2D eigenvalue weighted by molar-refractivity contribution is 8.16. The molecule has 0 aliphatic carbocycles. The van der Waals surface area contributed by atoms with Crippen LogP contribution in [0.5, 0.6) is 11.5 Å². The van der Waals surface area contributed by atoms with E-state index in [0.717, 1.165) is 23.5 Å². The largest absolute Gasteiger partial charge is 0.493 e. The summed E-state index contributed by atoms with van der Waals surface area (Å²) >= 11 is 1.34. The second-order valence-electron chi connectivity index (χ2n) is 7.20. The predicted molar refractivity (Wildman–Crippen MR) is 125 cm³/mol. The molecule has 4 rings (SSSR count). The van der Waals surface area contributed by atoms with Crippen molar-refractivity contribution in [3.63, 3.8) is 0 Å². The number of hydrogen-bond acceptors (Lipinski definition) is 5. The quantitative estimate of drug-likeness (QED) is 0.495. The van der Waals surface area contributed by atoms with E-state index in [4.69, 9.17) is 14.9 Å². The summed E-state index contributed by atoms with van der Waals surface area (Å²) in [5, 5.41) is 10.6. The number of hydrogen-bond donors (Lipinski definition) is 1. The minimum absolute atomic E-state index is 0.139. The van der Waals surface area contributed by atoms with Gasteiger partial charge in [0.25, 0.3) is 5.91 Å². The Morgan fingerprint density at radius 2 is 1.87 bits per heavy atom. The number of benzene rings is 2. The van der Waals surface area contributed by atoms with E-state index in [1.54, 1.807) is 17.2 Å². The lowest BCUT2D eigenvalue weighted by Gasteiger charge is -2.22. The Bertz CT molecular complexity index is 1100. The number of aryl methyl sites for hydroxylation is 1. The van der Waals surface area contributed by atoms with Gasteiger partial charge in [0.2, 0.25) is 0 Å². The summed E-state index contributed by atoms with van der Waals surface area (Å²) in [5.41, 5.74) is 3.47. The number of amidine groups is 2. The minimum Gasteiger partial charge on any atom is -0.493 e. The van der Waals surface area contributed by atoms with Crippen molar-refractivity contribution in [3.05, 3.63) is 76.3 Å². The molecular formula is C24H23N3O3S. The smallest absolute Gasteiger partial charge is 0.283 e. The maximum absolute atomic E-state index is 12.3. The third kappa shape index (κ3) is 4.72. The maximum Gasteiger partial charge on any atom is 0.283 e. The van der Waals surface area contributed by atoms with Crippen molar-refractivity contribution in [2.24, 2.45) is 4.99 Å². The van der Waals surface area contributed by atoms with Gasteiger partial charge in [0.15, 0.2) is 5.17 Å². The molecule has 2 aromatic carbocycles. The first-order valence-corrected chi connectivity index (χ1v) is 10.9. The average Bonchev–Trinajstić information content (AvgIpc) is 3.23. The van der Waals surface area contributed by atoms with Crippen molar-refractivity contribution in [3.8, 4) is 11.5 Å². The van der Waals surface area contributed by atoms with E-state index >= 15 is 0 Å². The van der Waals surface area contributed by atoms with Crippen LogP contribution in [-0.4, -0.2) is 35.0 Å². The Morgan fingerprint density at radius 3 is 2.68 bits per heavy atom. The highest BCUT2D eigenvalue weighted by Gasteiger charge is 2.30. The molecule has 1 amide bonds. The molecule has 158 valence electrons. The van der Waals surface area contributed by atoms with Gasteiger partial charge in [0, 0.05) is 12.6 Å². The lowest BCUT2D eigenvalue weighted by Crippen LogP contribution is -2.35. The molecule has 0 aromatic heterocycles. The van der Waals surface area contributed by atoms with E-state index in [9.17, 15) is 4.79 Å². The number of nitrogens with one attached hydrogen (secondary N) is 1. The standard InChI is InChI=1S/C24H23N3O3S/c1-16-5-3-6-21(17(16)2)30-13-4-12-29-19-9-7-18(8-10-19)15-20-22(25)27-11-14-31-24(27)26-23(20)28/h3,5-11,14-15,25H,4,12-13H2,1-2H3/b20-15-,25-22?. The topological polar surface area (TPSA) is 75.0 Å². The zero-order valence-electron chi connectivity index (χ0n) is 17.4. The third-order valence-corrected chi connectivity index (χ3v) is 5.83. The molecule has 7 heteroatoms. The number of aliphatic imine (C=N–C) groups is 1. The molecule has 1 N–H and O–H groups in total. The fourth-order valence-electron chi connectivity index (χ4n) is 3.17. The Hall–Kier alpha value is -3.32. The van der Waals surface area contributed by atoms with Crippen LogP contribution in [-0.2, 0) is 4.79 Å². The van der Waals surface area contributed by atoms with Gasteiger partial charge in [-0.2, -0.15) is 4.99 Å². The van der Waals surface area contributed by atoms with Gasteiger partial charge in [0.05, 0.1) is 18.8 Å². The Balaban J connectivity index is 1.29. The van der Waals surface area contributed by atoms with Gasteiger partial charge in [-0.3, -0.25) is 15.1 Å². The Labute approximate surface area is 185 Å². The van der Waals surface area contributed by atoms with Crippen molar-refractivity contribution < 1.29 is 14.3 Å². The molecule has 0 saturated heterocycles. The molecule has 0 bridgehead atoms. The number of ether oxygens (including phenoxy) is 2. The molecule has 0 unspecified atom stereocenters. The van der Waals surface area contributed by atoms with Crippen LogP contribution in [0.4, 0.5) is 0 Å². The number of amides is 1. The second-order valence-corrected chi connectivity index (χ2v) is 8.07. The molecule has 0 fully saturated rings. The first-order valence-electron chi connectivity index (χ1n) is 10.0. The van der Waals surface area contributed by atoms with Crippen LogP contribution in [0.2, 0.25) is 0 Å². The lowest BCUT2D eigenvalue weighted by molar-refractivity contribution is -0.114. The van der Waals surface area contributed by atoms with E-state index in [1.165, 1.54) is 22.9 Å². The number of fused-ring (bicyclic) bond motifs is 1. The van der Waals surface area contributed by atoms with Crippen molar-refractivity contribution in [2.45, 2.75) is 20.3 Å². The van der Waals surface area contributed by atoms with E-state index in [0.29, 0.717) is 18.4 Å². The number of rotatable bonds is 7. The Kier molecular flexibility index (Phi) is 6.23. The van der Waals surface area contributed by atoms with Gasteiger partial charge >= 0.3 is 0 Å². The molecular weight excluding hydrogens is 410 g/mol. The first-order chi connectivity index (χ1) is 15.0. The molecule has 6 nitrogen and oxygen atoms in total. The minimum atomic E-state index is -0.392. The summed E-state index contributed by atoms with van der Waals surface area (Å²) in [6.45, 7) is 5.27. The van der Waals surface area contributed by atoms with E-state index < -0.39 is 5.91 Å². The number of thioether (sulfide) groups is 1. The summed E-state index contributed by atoms with van der Waals surface area (Å²) in [5.74, 6) is 1.41. The molecule has 0 radical (unpaired) electrons. The van der Waals surface area contributed by atoms with Crippen LogP contribution in [0.1, 0.15) is 23.1 Å². The molecule has 2 aliphatic rings. The molecule has 0 spiro atoms. The average molecular weight is 434 g/mol. The SMILES string of the molecule is Cc1cccc(OCCCOc2ccc(/C=C3/C(=N)N4C=CSC4=NC3=O)cc2)c1C. The predicted octanol–water partition coefficient (Wildman–Crippen LogP) is 4.93. The van der Waals surface area contributed by atoms with Crippen LogP contribution < -0.4 is 9.47 Å². The van der Waals surface area contributed by atoms with Crippen LogP contribution in [0.15, 0.2) is 64.6 Å². The Morgan fingerprint density at radius 1 is 1.10 bits per heavy atom. The van der Waals surface area contributed by atoms with Gasteiger partial charge in [-0.1, -0.05) is 36.0 Å². The normalized spacial score (nSPS) is 16.5. The van der Waals surface area contributed by atoms with Gasteiger partial charge in [-0.05, 0) is 60.2 Å². The third-order valence-electron chi connectivity index (χ3n) is 5.07. The summed E-state index contributed by atoms with van der Waals surface area (Å²) in [6.07, 6.45) is 4.20. The zero-order chi connectivity index (χ0) is 21.8. The fraction of sp³-hybridized carbons (Fsp3) is 0.208. The van der Waals surface area contributed by atoms with Crippen molar-refractivity contribution in [2.75, 3.05) is 13.2 Å². The van der Waals surface area contributed by atoms with Gasteiger partial charge < -0.3 is 9.47 Å². The molecule has 2 aliphatic heterocycles. The molecule has 0 atom stereocenters. The van der Waals surface area contributed by atoms with E-state index in [1.807, 2.05) is 41.8 Å². The van der Waals surface area contributed by atoms with Gasteiger partial charge in [0.1, 0.15) is 17.3 Å². The number of nitrogens with zero attached hydrogens (tertiary/aromatic N) is 2. The van der Waals surface area contributed by atoms with Crippen LogP contribution in [0, 0.1) is 19.3 Å². The van der Waals surface area contributed by atoms with Gasteiger partial charge in [-0.15, -0.1) is 0 Å². The maximum atomic E-state index is 12.3. The second kappa shape index (κ2) is 9.22. The summed E-state index contributed by atoms with van der Waals surface area (Å²) < 4.78 is 11.6. The van der Waals surface area contributed by atoms with Crippen molar-refractivity contribution in [1.82, 2.24) is 4.90 Å². The monoisotopic (exact) mass is 433 g/mol. The number of carbonyl (C=O) groups excluding carboxylic acids is 1. The number of carbonyl (C=O) groups is 1. The molecule has 0 saturated carbocycles. The lowest BCUT2D eigenvalue weighted by atomic mass is 10.1. The zero-order valence-corrected chi connectivity index (χ0v) is 18.2. The van der Waals surface area contributed by atoms with Gasteiger partial charge in [-0.25, -0.2) is 0 Å². The van der Waals surface area contributed by atoms with Crippen LogP contribution in [0.3, 0.4) is 0 Å². The first kappa shape index (κ1) is 20.9. The van der Waals surface area contributed by atoms with E-state index in [2.05, 4.69) is 24.9 Å². The molecule has 2 heterocycles.